The van der Waals surface area contributed by atoms with Crippen LogP contribution in [0.2, 0.25) is 0 Å². The lowest BCUT2D eigenvalue weighted by Crippen LogP contribution is -2.47. The molecule has 3 aromatic heterocycles. The average Bonchev–Trinajstić information content (AvgIpc) is 3.39. The molecule has 0 radical (unpaired) electrons. The number of hydrogen-bond donors (Lipinski definition) is 3. The monoisotopic (exact) mass is 517 g/mol. The Morgan fingerprint density at radius 1 is 1.16 bits per heavy atom. The van der Waals surface area contributed by atoms with E-state index in [1.807, 2.05) is 29.8 Å². The fraction of sp³-hybridized carbons (Fsp3) is 0.231. The predicted molar refractivity (Wildman–Crippen MR) is 146 cm³/mol. The van der Waals surface area contributed by atoms with Gasteiger partial charge in [-0.25, -0.2) is 9.97 Å². The summed E-state index contributed by atoms with van der Waals surface area (Å²) in [6.07, 6.45) is 3.05. The van der Waals surface area contributed by atoms with Crippen molar-refractivity contribution in [3.63, 3.8) is 0 Å². The number of fused-ring (bicyclic) bond motifs is 1. The molecule has 0 bridgehead atoms. The molecule has 0 atom stereocenters. The number of piperazine rings is 1. The van der Waals surface area contributed by atoms with Crippen LogP contribution in [-0.4, -0.2) is 70.2 Å². The minimum atomic E-state index is -0.297. The minimum absolute atomic E-state index is 0.189. The SMILES string of the molecule is C=CC(=O)Nc1cccc(Oc2nc(Nc3ccc(N4CCN(CCO)CC4)cn3)nc3ccsc23)c1. The number of nitrogens with one attached hydrogen (secondary N) is 2. The number of anilines is 4. The van der Waals surface area contributed by atoms with E-state index in [4.69, 9.17) is 9.84 Å². The normalized spacial score (nSPS) is 13.9. The lowest BCUT2D eigenvalue weighted by atomic mass is 10.2. The third kappa shape index (κ3) is 6.02. The van der Waals surface area contributed by atoms with Gasteiger partial charge in [0.25, 0.3) is 0 Å². The molecule has 4 heterocycles. The van der Waals surface area contributed by atoms with Crippen molar-refractivity contribution in [2.75, 3.05) is 54.9 Å². The molecule has 1 amide bonds. The van der Waals surface area contributed by atoms with Gasteiger partial charge in [-0.3, -0.25) is 9.69 Å². The Kier molecular flexibility index (Phi) is 7.54. The predicted octanol–water partition coefficient (Wildman–Crippen LogP) is 3.86. The topological polar surface area (TPSA) is 116 Å². The van der Waals surface area contributed by atoms with E-state index in [-0.39, 0.29) is 12.5 Å². The van der Waals surface area contributed by atoms with E-state index in [0.29, 0.717) is 35.6 Å². The third-order valence-electron chi connectivity index (χ3n) is 5.92. The summed E-state index contributed by atoms with van der Waals surface area (Å²) in [6, 6.07) is 12.9. The Morgan fingerprint density at radius 2 is 2.03 bits per heavy atom. The molecule has 4 aromatic rings. The van der Waals surface area contributed by atoms with Crippen molar-refractivity contribution < 1.29 is 14.6 Å². The van der Waals surface area contributed by atoms with E-state index >= 15 is 0 Å². The van der Waals surface area contributed by atoms with Crippen molar-refractivity contribution in [2.45, 2.75) is 0 Å². The molecule has 0 spiro atoms. The Hall–Kier alpha value is -4.06. The van der Waals surface area contributed by atoms with Crippen LogP contribution in [0.25, 0.3) is 10.2 Å². The van der Waals surface area contributed by atoms with Gasteiger partial charge in [0, 0.05) is 44.5 Å². The number of carbonyl (C=O) groups excluding carboxylic acids is 1. The van der Waals surface area contributed by atoms with Crippen molar-refractivity contribution in [3.8, 4) is 11.6 Å². The first-order valence-electron chi connectivity index (χ1n) is 11.9. The van der Waals surface area contributed by atoms with Crippen LogP contribution in [0.4, 0.5) is 23.1 Å². The van der Waals surface area contributed by atoms with Gasteiger partial charge in [0.15, 0.2) is 0 Å². The number of nitrogens with zero attached hydrogens (tertiary/aromatic N) is 5. The number of aromatic nitrogens is 3. The number of hydrogen-bond acceptors (Lipinski definition) is 10. The number of ether oxygens (including phenoxy) is 1. The number of thiophene rings is 1. The van der Waals surface area contributed by atoms with Gasteiger partial charge in [0.1, 0.15) is 16.3 Å². The van der Waals surface area contributed by atoms with Gasteiger partial charge in [-0.15, -0.1) is 11.3 Å². The molecule has 10 nitrogen and oxygen atoms in total. The molecule has 3 N–H and O–H groups in total. The number of benzene rings is 1. The van der Waals surface area contributed by atoms with Crippen LogP contribution in [0.1, 0.15) is 0 Å². The van der Waals surface area contributed by atoms with Crippen LogP contribution in [0, 0.1) is 0 Å². The van der Waals surface area contributed by atoms with Gasteiger partial charge in [-0.05, 0) is 41.8 Å². The van der Waals surface area contributed by atoms with Crippen molar-refractivity contribution in [2.24, 2.45) is 0 Å². The van der Waals surface area contributed by atoms with Gasteiger partial charge < -0.3 is 25.4 Å². The molecular weight excluding hydrogens is 490 g/mol. The van der Waals surface area contributed by atoms with E-state index in [1.165, 1.54) is 17.4 Å². The second kappa shape index (κ2) is 11.3. The number of β-amino-alcohol motifs (C(OH)–C–C–N with tert-alkyl or cyclic N) is 1. The first kappa shape index (κ1) is 24.6. The summed E-state index contributed by atoms with van der Waals surface area (Å²) < 4.78 is 6.92. The first-order chi connectivity index (χ1) is 18.1. The van der Waals surface area contributed by atoms with Crippen molar-refractivity contribution in [1.29, 1.82) is 0 Å². The van der Waals surface area contributed by atoms with Gasteiger partial charge in [-0.1, -0.05) is 12.6 Å². The summed E-state index contributed by atoms with van der Waals surface area (Å²) in [5, 5.41) is 17.0. The third-order valence-corrected chi connectivity index (χ3v) is 6.81. The number of aliphatic hydroxyl groups is 1. The zero-order chi connectivity index (χ0) is 25.6. The summed E-state index contributed by atoms with van der Waals surface area (Å²) in [5.74, 6) is 1.64. The Labute approximate surface area is 218 Å². The minimum Gasteiger partial charge on any atom is -0.437 e. The van der Waals surface area contributed by atoms with Gasteiger partial charge in [0.2, 0.25) is 17.7 Å². The standard InChI is InChI=1S/C26H27N7O3S/c1-2-23(35)28-18-4-3-5-20(16-18)36-25-24-21(8-15-37-24)29-26(31-25)30-22-7-6-19(17-27-22)33-11-9-32(10-12-33)13-14-34/h2-8,15-17,34H,1,9-14H2,(H,28,35)(H,27,29,30,31). The second-order valence-corrected chi connectivity index (χ2v) is 9.31. The summed E-state index contributed by atoms with van der Waals surface area (Å²) in [6.45, 7) is 8.00. The molecule has 190 valence electrons. The average molecular weight is 518 g/mol. The molecule has 1 aliphatic rings. The number of amides is 1. The quantitative estimate of drug-likeness (QED) is 0.285. The van der Waals surface area contributed by atoms with Crippen LogP contribution >= 0.6 is 11.3 Å². The molecule has 1 saturated heterocycles. The van der Waals surface area contributed by atoms with Crippen LogP contribution in [0.3, 0.4) is 0 Å². The van der Waals surface area contributed by atoms with Gasteiger partial charge >= 0.3 is 0 Å². The molecular formula is C26H27N7O3S. The lowest BCUT2D eigenvalue weighted by Gasteiger charge is -2.35. The Morgan fingerprint density at radius 3 is 2.78 bits per heavy atom. The van der Waals surface area contributed by atoms with E-state index in [1.54, 1.807) is 24.3 Å². The molecule has 0 aliphatic carbocycles. The molecule has 5 rings (SSSR count). The highest BCUT2D eigenvalue weighted by atomic mass is 32.1. The second-order valence-electron chi connectivity index (χ2n) is 8.39. The zero-order valence-electron chi connectivity index (χ0n) is 20.1. The smallest absolute Gasteiger partial charge is 0.247 e. The van der Waals surface area contributed by atoms with Crippen molar-refractivity contribution in [3.05, 3.63) is 66.7 Å². The number of pyridine rings is 1. The number of rotatable bonds is 9. The zero-order valence-corrected chi connectivity index (χ0v) is 20.9. The van der Waals surface area contributed by atoms with E-state index in [0.717, 1.165) is 42.1 Å². The fourth-order valence-corrected chi connectivity index (χ4v) is 4.79. The summed E-state index contributed by atoms with van der Waals surface area (Å²) in [7, 11) is 0. The fourth-order valence-electron chi connectivity index (χ4n) is 4.04. The van der Waals surface area contributed by atoms with E-state index < -0.39 is 0 Å². The van der Waals surface area contributed by atoms with Crippen LogP contribution in [0.15, 0.2) is 66.7 Å². The first-order valence-corrected chi connectivity index (χ1v) is 12.8. The maximum atomic E-state index is 11.6. The summed E-state index contributed by atoms with van der Waals surface area (Å²) >= 11 is 1.49. The molecule has 1 aromatic carbocycles. The number of aliphatic hydroxyl groups excluding tert-OH is 1. The highest BCUT2D eigenvalue weighted by Crippen LogP contribution is 2.33. The van der Waals surface area contributed by atoms with Crippen LogP contribution in [0.5, 0.6) is 11.6 Å². The van der Waals surface area contributed by atoms with Gasteiger partial charge in [-0.2, -0.15) is 4.98 Å². The largest absolute Gasteiger partial charge is 0.437 e. The van der Waals surface area contributed by atoms with Crippen molar-refractivity contribution in [1.82, 2.24) is 19.9 Å². The maximum Gasteiger partial charge on any atom is 0.247 e. The maximum absolute atomic E-state index is 11.6. The highest BCUT2D eigenvalue weighted by molar-refractivity contribution is 7.17. The van der Waals surface area contributed by atoms with Gasteiger partial charge in [0.05, 0.1) is 24.0 Å². The lowest BCUT2D eigenvalue weighted by molar-refractivity contribution is -0.111. The molecule has 1 fully saturated rings. The molecule has 11 heteroatoms. The van der Waals surface area contributed by atoms with E-state index in [9.17, 15) is 4.79 Å². The van der Waals surface area contributed by atoms with E-state index in [2.05, 4.69) is 42.0 Å². The molecule has 1 aliphatic heterocycles. The number of carbonyl (C=O) groups is 1. The molecule has 37 heavy (non-hydrogen) atoms. The highest BCUT2D eigenvalue weighted by Gasteiger charge is 2.17. The molecule has 0 unspecified atom stereocenters. The van der Waals surface area contributed by atoms with Crippen LogP contribution in [-0.2, 0) is 4.79 Å². The Bertz CT molecular complexity index is 1380. The van der Waals surface area contributed by atoms with Crippen LogP contribution < -0.4 is 20.3 Å². The Balaban J connectivity index is 1.30. The summed E-state index contributed by atoms with van der Waals surface area (Å²) in [5.41, 5.74) is 2.40. The summed E-state index contributed by atoms with van der Waals surface area (Å²) in [4.78, 5) is 29.9. The molecule has 0 saturated carbocycles. The van der Waals surface area contributed by atoms with Crippen molar-refractivity contribution >= 4 is 50.6 Å².